The van der Waals surface area contributed by atoms with Gasteiger partial charge in [-0.05, 0) is 6.07 Å². The van der Waals surface area contributed by atoms with Crippen molar-refractivity contribution in [3.63, 3.8) is 0 Å². The van der Waals surface area contributed by atoms with E-state index >= 15 is 0 Å². The molecule has 1 rings (SSSR count). The monoisotopic (exact) mass is 137 g/mol. The van der Waals surface area contributed by atoms with Gasteiger partial charge in [0.1, 0.15) is 5.82 Å². The molecule has 0 aliphatic heterocycles. The quantitative estimate of drug-likeness (QED) is 0.589. The minimum absolute atomic E-state index is 0.225. The van der Waals surface area contributed by atoms with Crippen molar-refractivity contribution >= 4 is 12.0 Å². The Morgan fingerprint density at radius 3 is 3.00 bits per heavy atom. The van der Waals surface area contributed by atoms with E-state index in [1.54, 1.807) is 0 Å². The second-order valence-electron chi connectivity index (χ2n) is 1.72. The highest BCUT2D eigenvalue weighted by Crippen LogP contribution is 1.88. The van der Waals surface area contributed by atoms with Crippen LogP contribution in [0.1, 0.15) is 0 Å². The van der Waals surface area contributed by atoms with Crippen molar-refractivity contribution in [1.82, 2.24) is 9.55 Å². The SMILES string of the molecule is C=Cn1ccc(N)nc1=O. The molecule has 0 amide bonds. The summed E-state index contributed by atoms with van der Waals surface area (Å²) in [6.45, 7) is 3.40. The van der Waals surface area contributed by atoms with Crippen molar-refractivity contribution in [2.75, 3.05) is 5.73 Å². The second kappa shape index (κ2) is 2.34. The van der Waals surface area contributed by atoms with Crippen molar-refractivity contribution < 1.29 is 0 Å². The normalized spacial score (nSPS) is 9.20. The molecule has 0 saturated heterocycles. The maximum Gasteiger partial charge on any atom is 0.353 e. The summed E-state index contributed by atoms with van der Waals surface area (Å²) in [4.78, 5) is 14.2. The highest BCUT2D eigenvalue weighted by atomic mass is 16.1. The first-order chi connectivity index (χ1) is 4.74. The fraction of sp³-hybridized carbons (Fsp3) is 0. The van der Waals surface area contributed by atoms with Gasteiger partial charge in [-0.3, -0.25) is 4.57 Å². The fourth-order valence-corrected chi connectivity index (χ4v) is 0.565. The third kappa shape index (κ3) is 1.05. The van der Waals surface area contributed by atoms with Gasteiger partial charge in [-0.25, -0.2) is 4.79 Å². The number of hydrogen-bond acceptors (Lipinski definition) is 3. The Hall–Kier alpha value is -1.58. The average molecular weight is 137 g/mol. The van der Waals surface area contributed by atoms with Crippen LogP contribution in [-0.4, -0.2) is 9.55 Å². The predicted molar refractivity (Wildman–Crippen MR) is 39.3 cm³/mol. The zero-order valence-electron chi connectivity index (χ0n) is 5.32. The molecule has 1 heterocycles. The smallest absolute Gasteiger partial charge is 0.353 e. The summed E-state index contributed by atoms with van der Waals surface area (Å²) < 4.78 is 1.25. The van der Waals surface area contributed by atoms with Crippen molar-refractivity contribution in [2.24, 2.45) is 0 Å². The number of nitrogens with two attached hydrogens (primary N) is 1. The molecule has 0 aliphatic carbocycles. The molecule has 1 aromatic heterocycles. The maximum atomic E-state index is 10.8. The molecule has 1 aromatic rings. The minimum atomic E-state index is -0.407. The molecule has 0 unspecified atom stereocenters. The average Bonchev–Trinajstić information content (AvgIpc) is 1.88. The lowest BCUT2D eigenvalue weighted by atomic mass is 10.6. The molecule has 0 bridgehead atoms. The van der Waals surface area contributed by atoms with Crippen molar-refractivity contribution in [3.05, 3.63) is 29.3 Å². The standard InChI is InChI=1S/C6H7N3O/c1-2-9-4-3-5(7)8-6(9)10/h2-4H,1H2,(H2,7,8,10). The summed E-state index contributed by atoms with van der Waals surface area (Å²) in [6.07, 6.45) is 2.88. The molecule has 4 heteroatoms. The van der Waals surface area contributed by atoms with Crippen LogP contribution in [0.3, 0.4) is 0 Å². The Bertz CT molecular complexity index is 302. The summed E-state index contributed by atoms with van der Waals surface area (Å²) in [5.74, 6) is 0.225. The van der Waals surface area contributed by atoms with Crippen LogP contribution in [0.4, 0.5) is 5.82 Å². The van der Waals surface area contributed by atoms with Gasteiger partial charge >= 0.3 is 5.69 Å². The molecule has 10 heavy (non-hydrogen) atoms. The topological polar surface area (TPSA) is 60.9 Å². The minimum Gasteiger partial charge on any atom is -0.383 e. The Morgan fingerprint density at radius 2 is 2.50 bits per heavy atom. The second-order valence-corrected chi connectivity index (χ2v) is 1.72. The van der Waals surface area contributed by atoms with Gasteiger partial charge in [0.25, 0.3) is 0 Å². The van der Waals surface area contributed by atoms with E-state index in [0.29, 0.717) is 0 Å². The fourth-order valence-electron chi connectivity index (χ4n) is 0.565. The molecular weight excluding hydrogens is 130 g/mol. The number of nitrogen functional groups attached to an aromatic ring is 1. The lowest BCUT2D eigenvalue weighted by Crippen LogP contribution is -2.18. The Morgan fingerprint density at radius 1 is 1.80 bits per heavy atom. The van der Waals surface area contributed by atoms with Crippen LogP contribution in [0.2, 0.25) is 0 Å². The van der Waals surface area contributed by atoms with Crippen LogP contribution in [-0.2, 0) is 0 Å². The Balaban J connectivity index is 3.33. The molecule has 0 saturated carbocycles. The van der Waals surface area contributed by atoms with E-state index in [-0.39, 0.29) is 5.82 Å². The van der Waals surface area contributed by atoms with Gasteiger partial charge in [0.2, 0.25) is 0 Å². The van der Waals surface area contributed by atoms with Gasteiger partial charge < -0.3 is 5.73 Å². The molecule has 0 radical (unpaired) electrons. The molecule has 0 aromatic carbocycles. The highest BCUT2D eigenvalue weighted by molar-refractivity contribution is 5.27. The van der Waals surface area contributed by atoms with Crippen LogP contribution in [0.25, 0.3) is 6.20 Å². The number of hydrogen-bond donors (Lipinski definition) is 1. The van der Waals surface area contributed by atoms with E-state index in [0.717, 1.165) is 0 Å². The third-order valence-corrected chi connectivity index (χ3v) is 1.05. The number of nitrogens with zero attached hydrogens (tertiary/aromatic N) is 2. The van der Waals surface area contributed by atoms with Gasteiger partial charge in [0, 0.05) is 12.4 Å². The maximum absolute atomic E-state index is 10.8. The number of anilines is 1. The Kier molecular flexibility index (Phi) is 1.53. The van der Waals surface area contributed by atoms with Crippen LogP contribution in [0.15, 0.2) is 23.6 Å². The van der Waals surface area contributed by atoms with E-state index in [9.17, 15) is 4.79 Å². The van der Waals surface area contributed by atoms with Crippen molar-refractivity contribution in [3.8, 4) is 0 Å². The molecule has 0 spiro atoms. The summed E-state index contributed by atoms with van der Waals surface area (Å²) in [6, 6.07) is 1.53. The third-order valence-electron chi connectivity index (χ3n) is 1.05. The van der Waals surface area contributed by atoms with Gasteiger partial charge in [-0.15, -0.1) is 0 Å². The van der Waals surface area contributed by atoms with E-state index in [2.05, 4.69) is 11.6 Å². The van der Waals surface area contributed by atoms with Gasteiger partial charge in [0.15, 0.2) is 0 Å². The molecule has 52 valence electrons. The summed E-state index contributed by atoms with van der Waals surface area (Å²) in [7, 11) is 0. The number of aromatic nitrogens is 2. The molecule has 4 nitrogen and oxygen atoms in total. The van der Waals surface area contributed by atoms with Gasteiger partial charge in [-0.2, -0.15) is 4.98 Å². The summed E-state index contributed by atoms with van der Waals surface area (Å²) >= 11 is 0. The van der Waals surface area contributed by atoms with Crippen LogP contribution in [0, 0.1) is 0 Å². The highest BCUT2D eigenvalue weighted by Gasteiger charge is 1.90. The van der Waals surface area contributed by atoms with Gasteiger partial charge in [-0.1, -0.05) is 6.58 Å². The summed E-state index contributed by atoms with van der Waals surface area (Å²) in [5.41, 5.74) is 4.82. The lowest BCUT2D eigenvalue weighted by molar-refractivity contribution is 0.969. The zero-order valence-corrected chi connectivity index (χ0v) is 5.32. The molecule has 2 N–H and O–H groups in total. The van der Waals surface area contributed by atoms with E-state index in [1.165, 1.54) is 23.0 Å². The Labute approximate surface area is 57.6 Å². The van der Waals surface area contributed by atoms with Crippen molar-refractivity contribution in [2.45, 2.75) is 0 Å². The molecular formula is C6H7N3O. The number of rotatable bonds is 1. The van der Waals surface area contributed by atoms with Gasteiger partial charge in [0.05, 0.1) is 0 Å². The molecule has 0 aliphatic rings. The van der Waals surface area contributed by atoms with E-state index < -0.39 is 5.69 Å². The first kappa shape index (κ1) is 6.54. The molecule has 0 atom stereocenters. The first-order valence-corrected chi connectivity index (χ1v) is 2.71. The van der Waals surface area contributed by atoms with Crippen LogP contribution >= 0.6 is 0 Å². The summed E-state index contributed by atoms with van der Waals surface area (Å²) in [5, 5.41) is 0. The van der Waals surface area contributed by atoms with E-state index in [1.807, 2.05) is 0 Å². The van der Waals surface area contributed by atoms with E-state index in [4.69, 9.17) is 5.73 Å². The molecule has 0 fully saturated rings. The van der Waals surface area contributed by atoms with Crippen LogP contribution < -0.4 is 11.4 Å². The predicted octanol–water partition coefficient (Wildman–Crippen LogP) is -0.0740. The largest absolute Gasteiger partial charge is 0.383 e. The van der Waals surface area contributed by atoms with Crippen LogP contribution in [0.5, 0.6) is 0 Å². The van der Waals surface area contributed by atoms with Crippen molar-refractivity contribution in [1.29, 1.82) is 0 Å². The lowest BCUT2D eigenvalue weighted by Gasteiger charge is -1.94. The zero-order chi connectivity index (χ0) is 7.56. The first-order valence-electron chi connectivity index (χ1n) is 2.71.